The fourth-order valence-corrected chi connectivity index (χ4v) is 2.64. The van der Waals surface area contributed by atoms with Gasteiger partial charge >= 0.3 is 0 Å². The van der Waals surface area contributed by atoms with Gasteiger partial charge in [0.15, 0.2) is 0 Å². The first-order valence-corrected chi connectivity index (χ1v) is 8.18. The second-order valence-corrected chi connectivity index (χ2v) is 5.82. The number of rotatable bonds is 5. The van der Waals surface area contributed by atoms with Crippen molar-refractivity contribution in [3.8, 4) is 22.8 Å². The standard InChI is InChI=1S/C18H15N7O2/c1-25(11-15-19-16(22-27-15)12-7-3-2-4-8-12)18(26)14-10-6-5-9-13(14)17-20-23-24-21-17/h2-10H,11H2,1H3,(H,20,21,23,24). The van der Waals surface area contributed by atoms with Gasteiger partial charge in [-0.05, 0) is 11.3 Å². The molecule has 0 unspecified atom stereocenters. The van der Waals surface area contributed by atoms with Crippen molar-refractivity contribution in [1.29, 1.82) is 0 Å². The van der Waals surface area contributed by atoms with Gasteiger partial charge in [-0.2, -0.15) is 10.2 Å². The minimum Gasteiger partial charge on any atom is -0.337 e. The van der Waals surface area contributed by atoms with Crippen molar-refractivity contribution in [3.05, 3.63) is 66.1 Å². The van der Waals surface area contributed by atoms with Crippen LogP contribution < -0.4 is 0 Å². The summed E-state index contributed by atoms with van der Waals surface area (Å²) < 4.78 is 5.28. The second kappa shape index (κ2) is 7.16. The summed E-state index contributed by atoms with van der Waals surface area (Å²) in [6, 6.07) is 16.6. The molecular formula is C18H15N7O2. The van der Waals surface area contributed by atoms with E-state index in [1.54, 1.807) is 25.2 Å². The summed E-state index contributed by atoms with van der Waals surface area (Å²) in [6.07, 6.45) is 0. The third-order valence-corrected chi connectivity index (χ3v) is 3.96. The van der Waals surface area contributed by atoms with E-state index in [9.17, 15) is 4.79 Å². The maximum Gasteiger partial charge on any atom is 0.254 e. The first kappa shape index (κ1) is 16.6. The molecule has 2 heterocycles. The van der Waals surface area contributed by atoms with Crippen LogP contribution in [0.1, 0.15) is 16.2 Å². The molecular weight excluding hydrogens is 346 g/mol. The summed E-state index contributed by atoms with van der Waals surface area (Å²) >= 11 is 0. The second-order valence-electron chi connectivity index (χ2n) is 5.82. The van der Waals surface area contributed by atoms with Gasteiger partial charge in [0.2, 0.25) is 17.5 Å². The van der Waals surface area contributed by atoms with Gasteiger partial charge in [-0.25, -0.2) is 0 Å². The van der Waals surface area contributed by atoms with Crippen molar-refractivity contribution < 1.29 is 9.32 Å². The number of tetrazole rings is 1. The van der Waals surface area contributed by atoms with Crippen molar-refractivity contribution in [2.45, 2.75) is 6.54 Å². The van der Waals surface area contributed by atoms with E-state index in [-0.39, 0.29) is 12.5 Å². The minimum absolute atomic E-state index is 0.180. The van der Waals surface area contributed by atoms with Crippen molar-refractivity contribution in [2.75, 3.05) is 7.05 Å². The first-order valence-electron chi connectivity index (χ1n) is 8.18. The van der Waals surface area contributed by atoms with E-state index in [2.05, 4.69) is 30.8 Å². The van der Waals surface area contributed by atoms with Crippen LogP contribution >= 0.6 is 0 Å². The highest BCUT2D eigenvalue weighted by Crippen LogP contribution is 2.21. The fourth-order valence-electron chi connectivity index (χ4n) is 2.64. The van der Waals surface area contributed by atoms with Crippen molar-refractivity contribution in [1.82, 2.24) is 35.7 Å². The molecule has 0 fully saturated rings. The van der Waals surface area contributed by atoms with Gasteiger partial charge in [-0.15, -0.1) is 10.2 Å². The summed E-state index contributed by atoms with van der Waals surface area (Å²) in [7, 11) is 1.67. The lowest BCUT2D eigenvalue weighted by atomic mass is 10.1. The number of carbonyl (C=O) groups excluding carboxylic acids is 1. The molecule has 0 radical (unpaired) electrons. The molecule has 2 aromatic heterocycles. The Kier molecular flexibility index (Phi) is 4.40. The lowest BCUT2D eigenvalue weighted by molar-refractivity contribution is 0.0770. The fraction of sp³-hybridized carbons (Fsp3) is 0.111. The smallest absolute Gasteiger partial charge is 0.254 e. The van der Waals surface area contributed by atoms with Crippen molar-refractivity contribution in [2.24, 2.45) is 0 Å². The molecule has 0 bridgehead atoms. The van der Waals surface area contributed by atoms with E-state index in [0.717, 1.165) is 5.56 Å². The number of nitrogens with one attached hydrogen (secondary N) is 1. The molecule has 0 spiro atoms. The molecule has 9 heteroatoms. The Bertz CT molecular complexity index is 1040. The highest BCUT2D eigenvalue weighted by atomic mass is 16.5. The van der Waals surface area contributed by atoms with Crippen LogP contribution in [0.4, 0.5) is 0 Å². The molecule has 9 nitrogen and oxygen atoms in total. The van der Waals surface area contributed by atoms with Crippen LogP contribution in [0, 0.1) is 0 Å². The Morgan fingerprint density at radius 1 is 1.07 bits per heavy atom. The average molecular weight is 361 g/mol. The van der Waals surface area contributed by atoms with Crippen LogP contribution in [-0.4, -0.2) is 48.6 Å². The number of carbonyl (C=O) groups is 1. The van der Waals surface area contributed by atoms with Gasteiger partial charge in [0, 0.05) is 18.2 Å². The van der Waals surface area contributed by atoms with E-state index in [0.29, 0.717) is 28.7 Å². The predicted molar refractivity (Wildman–Crippen MR) is 95.1 cm³/mol. The molecule has 4 aromatic rings. The molecule has 0 atom stereocenters. The number of hydrogen-bond donors (Lipinski definition) is 1. The monoisotopic (exact) mass is 361 g/mol. The Morgan fingerprint density at radius 2 is 1.85 bits per heavy atom. The van der Waals surface area contributed by atoms with E-state index in [1.165, 1.54) is 4.90 Å². The zero-order chi connectivity index (χ0) is 18.6. The quantitative estimate of drug-likeness (QED) is 0.579. The molecule has 0 aliphatic carbocycles. The van der Waals surface area contributed by atoms with Crippen molar-refractivity contribution in [3.63, 3.8) is 0 Å². The molecule has 0 aliphatic rings. The third kappa shape index (κ3) is 3.43. The van der Waals surface area contributed by atoms with E-state index in [4.69, 9.17) is 4.52 Å². The van der Waals surface area contributed by atoms with Gasteiger partial charge in [0.05, 0.1) is 12.1 Å². The summed E-state index contributed by atoms with van der Waals surface area (Å²) in [5, 5.41) is 17.8. The largest absolute Gasteiger partial charge is 0.337 e. The Labute approximate surface area is 154 Å². The summed E-state index contributed by atoms with van der Waals surface area (Å²) in [5.74, 6) is 0.978. The topological polar surface area (TPSA) is 114 Å². The van der Waals surface area contributed by atoms with Gasteiger partial charge in [0.25, 0.3) is 5.91 Å². The van der Waals surface area contributed by atoms with Gasteiger partial charge < -0.3 is 9.42 Å². The maximum atomic E-state index is 12.9. The molecule has 27 heavy (non-hydrogen) atoms. The van der Waals surface area contributed by atoms with Crippen LogP contribution in [0.15, 0.2) is 59.1 Å². The lowest BCUT2D eigenvalue weighted by Gasteiger charge is -2.16. The van der Waals surface area contributed by atoms with Gasteiger partial charge in [0.1, 0.15) is 0 Å². The summed E-state index contributed by atoms with van der Waals surface area (Å²) in [6.45, 7) is 0.180. The lowest BCUT2D eigenvalue weighted by Crippen LogP contribution is -2.27. The number of aromatic nitrogens is 6. The number of benzene rings is 2. The van der Waals surface area contributed by atoms with E-state index >= 15 is 0 Å². The number of hydrogen-bond acceptors (Lipinski definition) is 7. The first-order chi connectivity index (χ1) is 13.2. The molecule has 2 aromatic carbocycles. The predicted octanol–water partition coefficient (Wildman–Crippen LogP) is 2.19. The molecule has 0 saturated heterocycles. The van der Waals surface area contributed by atoms with Crippen LogP contribution in [0.2, 0.25) is 0 Å². The van der Waals surface area contributed by atoms with E-state index in [1.807, 2.05) is 36.4 Å². The number of amides is 1. The number of aromatic amines is 1. The Hall–Kier alpha value is -3.88. The van der Waals surface area contributed by atoms with Crippen LogP contribution in [-0.2, 0) is 6.54 Å². The van der Waals surface area contributed by atoms with Crippen LogP contribution in [0.3, 0.4) is 0 Å². The van der Waals surface area contributed by atoms with Gasteiger partial charge in [-0.3, -0.25) is 4.79 Å². The average Bonchev–Trinajstić information content (AvgIpc) is 3.40. The van der Waals surface area contributed by atoms with Crippen molar-refractivity contribution >= 4 is 5.91 Å². The highest BCUT2D eigenvalue weighted by Gasteiger charge is 2.20. The maximum absolute atomic E-state index is 12.9. The van der Waals surface area contributed by atoms with Crippen LogP contribution in [0.25, 0.3) is 22.8 Å². The van der Waals surface area contributed by atoms with Crippen LogP contribution in [0.5, 0.6) is 0 Å². The van der Waals surface area contributed by atoms with E-state index < -0.39 is 0 Å². The number of H-pyrrole nitrogens is 1. The molecule has 134 valence electrons. The minimum atomic E-state index is -0.213. The molecule has 0 saturated carbocycles. The highest BCUT2D eigenvalue weighted by molar-refractivity contribution is 5.99. The normalized spacial score (nSPS) is 10.7. The zero-order valence-electron chi connectivity index (χ0n) is 14.4. The Morgan fingerprint density at radius 3 is 2.63 bits per heavy atom. The number of nitrogens with zero attached hydrogens (tertiary/aromatic N) is 6. The summed E-state index contributed by atoms with van der Waals surface area (Å²) in [4.78, 5) is 18.8. The molecule has 1 N–H and O–H groups in total. The van der Waals surface area contributed by atoms with Gasteiger partial charge in [-0.1, -0.05) is 53.7 Å². The Balaban J connectivity index is 1.54. The third-order valence-electron chi connectivity index (χ3n) is 3.96. The molecule has 4 rings (SSSR count). The molecule has 0 aliphatic heterocycles. The summed E-state index contributed by atoms with van der Waals surface area (Å²) in [5.41, 5.74) is 1.91. The molecule has 1 amide bonds. The zero-order valence-corrected chi connectivity index (χ0v) is 14.4. The SMILES string of the molecule is CN(Cc1nc(-c2ccccc2)no1)C(=O)c1ccccc1-c1nn[nH]n1.